The van der Waals surface area contributed by atoms with Crippen molar-refractivity contribution in [2.45, 2.75) is 51.5 Å². The minimum Gasteiger partial charge on any atom is -0.352 e. The Balaban J connectivity index is 1.52. The highest BCUT2D eigenvalue weighted by atomic mass is 35.5. The minimum atomic E-state index is -0.110. The summed E-state index contributed by atoms with van der Waals surface area (Å²) in [6.45, 7) is 5.79. The number of hydrogen-bond acceptors (Lipinski definition) is 3. The third kappa shape index (κ3) is 4.57. The smallest absolute Gasteiger partial charge is 0.251 e. The number of anilines is 1. The standard InChI is InChI=1S/C20H28ClN3O2/c1-15-6-2-3-11-23(15)12-5-10-22-20(26)16-8-9-17(21)18(14-16)24-13-4-7-19(24)25/h8-9,14-15H,2-7,10-13H2,1H3,(H,22,26)/t15-/m1/s1. The number of hydrogen-bond donors (Lipinski definition) is 1. The Hall–Kier alpha value is -1.59. The van der Waals surface area contributed by atoms with Crippen LogP contribution >= 0.6 is 11.6 Å². The van der Waals surface area contributed by atoms with Crippen LogP contribution in [0.25, 0.3) is 0 Å². The molecular weight excluding hydrogens is 350 g/mol. The number of benzene rings is 1. The van der Waals surface area contributed by atoms with E-state index in [1.54, 1.807) is 23.1 Å². The van der Waals surface area contributed by atoms with E-state index in [1.165, 1.54) is 25.8 Å². The zero-order valence-corrected chi connectivity index (χ0v) is 16.2. The average Bonchev–Trinajstić information content (AvgIpc) is 3.06. The van der Waals surface area contributed by atoms with E-state index in [2.05, 4.69) is 17.1 Å². The second kappa shape index (κ2) is 8.87. The second-order valence-corrected chi connectivity index (χ2v) is 7.71. The van der Waals surface area contributed by atoms with Crippen LogP contribution in [-0.4, -0.2) is 48.9 Å². The van der Waals surface area contributed by atoms with E-state index in [1.807, 2.05) is 0 Å². The maximum absolute atomic E-state index is 12.4. The van der Waals surface area contributed by atoms with Crippen LogP contribution < -0.4 is 10.2 Å². The molecule has 0 saturated carbocycles. The maximum atomic E-state index is 12.4. The first-order valence-corrected chi connectivity index (χ1v) is 10.1. The molecule has 0 radical (unpaired) electrons. The van der Waals surface area contributed by atoms with Crippen LogP contribution in [0.1, 0.15) is 55.8 Å². The van der Waals surface area contributed by atoms with Crippen molar-refractivity contribution in [1.29, 1.82) is 0 Å². The summed E-state index contributed by atoms with van der Waals surface area (Å²) in [6.07, 6.45) is 6.20. The molecule has 3 rings (SSSR count). The van der Waals surface area contributed by atoms with Gasteiger partial charge in [0.05, 0.1) is 10.7 Å². The third-order valence-electron chi connectivity index (χ3n) is 5.42. The molecule has 142 valence electrons. The molecule has 2 fully saturated rings. The Morgan fingerprint density at radius 3 is 2.85 bits per heavy atom. The monoisotopic (exact) mass is 377 g/mol. The summed E-state index contributed by atoms with van der Waals surface area (Å²) in [7, 11) is 0. The molecular formula is C20H28ClN3O2. The van der Waals surface area contributed by atoms with Crippen LogP contribution in [0.5, 0.6) is 0 Å². The molecule has 1 N–H and O–H groups in total. The van der Waals surface area contributed by atoms with Crippen molar-refractivity contribution < 1.29 is 9.59 Å². The lowest BCUT2D eigenvalue weighted by Gasteiger charge is -2.33. The van der Waals surface area contributed by atoms with Gasteiger partial charge in [0, 0.05) is 37.7 Å². The van der Waals surface area contributed by atoms with Gasteiger partial charge in [0.25, 0.3) is 5.91 Å². The first-order chi connectivity index (χ1) is 12.6. The van der Waals surface area contributed by atoms with Gasteiger partial charge in [-0.05, 0) is 57.4 Å². The molecule has 1 aromatic carbocycles. The molecule has 1 aromatic rings. The molecule has 0 spiro atoms. The quantitative estimate of drug-likeness (QED) is 0.772. The van der Waals surface area contributed by atoms with E-state index in [0.29, 0.717) is 41.8 Å². The summed E-state index contributed by atoms with van der Waals surface area (Å²) in [4.78, 5) is 28.6. The van der Waals surface area contributed by atoms with Crippen LogP contribution in [0.15, 0.2) is 18.2 Å². The van der Waals surface area contributed by atoms with E-state index in [9.17, 15) is 9.59 Å². The summed E-state index contributed by atoms with van der Waals surface area (Å²) in [6, 6.07) is 5.80. The number of likely N-dealkylation sites (tertiary alicyclic amines) is 1. The van der Waals surface area contributed by atoms with E-state index in [0.717, 1.165) is 19.4 Å². The number of piperidine rings is 1. The Morgan fingerprint density at radius 1 is 1.27 bits per heavy atom. The first kappa shape index (κ1) is 19.2. The molecule has 5 nitrogen and oxygen atoms in total. The predicted molar refractivity (Wildman–Crippen MR) is 105 cm³/mol. The van der Waals surface area contributed by atoms with Crippen molar-refractivity contribution in [3.8, 4) is 0 Å². The van der Waals surface area contributed by atoms with Crippen LogP contribution in [0.2, 0.25) is 5.02 Å². The summed E-state index contributed by atoms with van der Waals surface area (Å²) in [5, 5.41) is 3.50. The van der Waals surface area contributed by atoms with Crippen molar-refractivity contribution in [3.05, 3.63) is 28.8 Å². The Labute approximate surface area is 160 Å². The fourth-order valence-corrected chi connectivity index (χ4v) is 4.06. The molecule has 2 heterocycles. The lowest BCUT2D eigenvalue weighted by Crippen LogP contribution is -2.39. The molecule has 6 heteroatoms. The van der Waals surface area contributed by atoms with Gasteiger partial charge in [-0.25, -0.2) is 0 Å². The van der Waals surface area contributed by atoms with Gasteiger partial charge in [0.15, 0.2) is 0 Å². The Kier molecular flexibility index (Phi) is 6.54. The van der Waals surface area contributed by atoms with E-state index in [4.69, 9.17) is 11.6 Å². The normalized spacial score (nSPS) is 21.2. The highest BCUT2D eigenvalue weighted by molar-refractivity contribution is 6.34. The van der Waals surface area contributed by atoms with Gasteiger partial charge < -0.3 is 15.1 Å². The zero-order valence-electron chi connectivity index (χ0n) is 15.5. The van der Waals surface area contributed by atoms with E-state index in [-0.39, 0.29) is 11.8 Å². The van der Waals surface area contributed by atoms with Crippen molar-refractivity contribution in [3.63, 3.8) is 0 Å². The Morgan fingerprint density at radius 2 is 2.12 bits per heavy atom. The number of amides is 2. The molecule has 2 aliphatic rings. The van der Waals surface area contributed by atoms with Crippen molar-refractivity contribution >= 4 is 29.1 Å². The van der Waals surface area contributed by atoms with Crippen LogP contribution in [0.3, 0.4) is 0 Å². The minimum absolute atomic E-state index is 0.0695. The number of halogens is 1. The number of carbonyl (C=O) groups is 2. The lowest BCUT2D eigenvalue weighted by molar-refractivity contribution is -0.117. The van der Waals surface area contributed by atoms with E-state index < -0.39 is 0 Å². The molecule has 2 amide bonds. The Bertz CT molecular complexity index is 664. The number of rotatable bonds is 6. The molecule has 0 unspecified atom stereocenters. The topological polar surface area (TPSA) is 52.7 Å². The van der Waals surface area contributed by atoms with Gasteiger partial charge in [-0.3, -0.25) is 9.59 Å². The summed E-state index contributed by atoms with van der Waals surface area (Å²) in [5.74, 6) is -0.0404. The molecule has 1 atom stereocenters. The summed E-state index contributed by atoms with van der Waals surface area (Å²) >= 11 is 6.24. The molecule has 0 aromatic heterocycles. The fourth-order valence-electron chi connectivity index (χ4n) is 3.84. The lowest BCUT2D eigenvalue weighted by atomic mass is 10.0. The molecule has 0 aliphatic carbocycles. The molecule has 0 bridgehead atoms. The number of nitrogens with zero attached hydrogens (tertiary/aromatic N) is 2. The van der Waals surface area contributed by atoms with Gasteiger partial charge in [-0.1, -0.05) is 18.0 Å². The van der Waals surface area contributed by atoms with E-state index >= 15 is 0 Å². The van der Waals surface area contributed by atoms with Crippen molar-refractivity contribution in [2.75, 3.05) is 31.1 Å². The van der Waals surface area contributed by atoms with Gasteiger partial charge in [-0.2, -0.15) is 0 Å². The van der Waals surface area contributed by atoms with Crippen LogP contribution in [0, 0.1) is 0 Å². The van der Waals surface area contributed by atoms with Gasteiger partial charge in [0.1, 0.15) is 0 Å². The zero-order chi connectivity index (χ0) is 18.5. The van der Waals surface area contributed by atoms with Crippen molar-refractivity contribution in [1.82, 2.24) is 10.2 Å². The molecule has 2 saturated heterocycles. The maximum Gasteiger partial charge on any atom is 0.251 e. The fraction of sp³-hybridized carbons (Fsp3) is 0.600. The highest BCUT2D eigenvalue weighted by Gasteiger charge is 2.24. The number of nitrogens with one attached hydrogen (secondary N) is 1. The van der Waals surface area contributed by atoms with Gasteiger partial charge >= 0.3 is 0 Å². The summed E-state index contributed by atoms with van der Waals surface area (Å²) in [5.41, 5.74) is 1.19. The first-order valence-electron chi connectivity index (χ1n) is 9.68. The number of carbonyl (C=O) groups excluding carboxylic acids is 2. The predicted octanol–water partition coefficient (Wildman–Crippen LogP) is 3.46. The largest absolute Gasteiger partial charge is 0.352 e. The highest BCUT2D eigenvalue weighted by Crippen LogP contribution is 2.30. The van der Waals surface area contributed by atoms with Crippen LogP contribution in [0.4, 0.5) is 5.69 Å². The third-order valence-corrected chi connectivity index (χ3v) is 5.74. The van der Waals surface area contributed by atoms with Crippen molar-refractivity contribution in [2.24, 2.45) is 0 Å². The van der Waals surface area contributed by atoms with Crippen LogP contribution in [-0.2, 0) is 4.79 Å². The molecule has 26 heavy (non-hydrogen) atoms. The average molecular weight is 378 g/mol. The van der Waals surface area contributed by atoms with Gasteiger partial charge in [-0.15, -0.1) is 0 Å². The molecule has 2 aliphatic heterocycles. The second-order valence-electron chi connectivity index (χ2n) is 7.31. The van der Waals surface area contributed by atoms with Gasteiger partial charge in [0.2, 0.25) is 5.91 Å². The SMILES string of the molecule is C[C@@H]1CCCCN1CCCNC(=O)c1ccc(Cl)c(N2CCCC2=O)c1. The summed E-state index contributed by atoms with van der Waals surface area (Å²) < 4.78 is 0.